The molecule has 0 aliphatic carbocycles. The van der Waals surface area contributed by atoms with Crippen molar-refractivity contribution in [3.05, 3.63) is 56.0 Å². The third-order valence-corrected chi connectivity index (χ3v) is 4.92. The van der Waals surface area contributed by atoms with E-state index in [4.69, 9.17) is 34.3 Å². The molecule has 1 fully saturated rings. The highest BCUT2D eigenvalue weighted by molar-refractivity contribution is 9.10. The molecule has 1 saturated heterocycles. The minimum Gasteiger partial charge on any atom is -0.478 e. The van der Waals surface area contributed by atoms with Gasteiger partial charge in [0.25, 0.3) is 0 Å². The maximum absolute atomic E-state index is 13.0. The Morgan fingerprint density at radius 1 is 1.13 bits per heavy atom. The quantitative estimate of drug-likeness (QED) is 0.323. The first-order valence-corrected chi connectivity index (χ1v) is 9.85. The maximum Gasteiger partial charge on any atom is 0.340 e. The summed E-state index contributed by atoms with van der Waals surface area (Å²) in [6, 6.07) is 5.78. The fraction of sp³-hybridized carbons (Fsp3) is 0.316. The Morgan fingerprint density at radius 3 is 2.00 bits per heavy atom. The van der Waals surface area contributed by atoms with Gasteiger partial charge < -0.3 is 26.4 Å². The summed E-state index contributed by atoms with van der Waals surface area (Å²) in [5.74, 6) is -2.71. The van der Waals surface area contributed by atoms with Gasteiger partial charge in [0, 0.05) is 29.5 Å². The Balaban J connectivity index is 0.000000434. The lowest BCUT2D eigenvalue weighted by Crippen LogP contribution is -2.05. The number of nitrogen functional groups attached to an aromatic ring is 2. The number of aliphatic hydroxyl groups excluding tert-OH is 1. The predicted octanol–water partition coefficient (Wildman–Crippen LogP) is 4.46. The second-order valence-electron chi connectivity index (χ2n) is 5.77. The van der Waals surface area contributed by atoms with Crippen molar-refractivity contribution in [1.29, 1.82) is 0 Å². The van der Waals surface area contributed by atoms with E-state index < -0.39 is 23.2 Å². The molecule has 1 atom stereocenters. The Bertz CT molecular complexity index is 854. The topological polar surface area (TPSA) is 119 Å². The summed E-state index contributed by atoms with van der Waals surface area (Å²) in [6.45, 7) is 0.484. The summed E-state index contributed by atoms with van der Waals surface area (Å²) < 4.78 is 31.3. The smallest absolute Gasteiger partial charge is 0.340 e. The van der Waals surface area contributed by atoms with E-state index in [9.17, 15) is 13.6 Å². The highest BCUT2D eigenvalue weighted by atomic mass is 79.9. The van der Waals surface area contributed by atoms with Crippen molar-refractivity contribution in [2.75, 3.05) is 18.1 Å². The van der Waals surface area contributed by atoms with Crippen LogP contribution in [-0.2, 0) is 11.3 Å². The Labute approximate surface area is 192 Å². The van der Waals surface area contributed by atoms with Crippen LogP contribution in [0.3, 0.4) is 0 Å². The van der Waals surface area contributed by atoms with Gasteiger partial charge in [0.1, 0.15) is 19.2 Å². The molecule has 2 aromatic rings. The van der Waals surface area contributed by atoms with Crippen molar-refractivity contribution in [3.8, 4) is 0 Å². The van der Waals surface area contributed by atoms with Gasteiger partial charge in [-0.1, -0.05) is 7.43 Å². The second-order valence-corrected chi connectivity index (χ2v) is 7.48. The van der Waals surface area contributed by atoms with Gasteiger partial charge in [-0.2, -0.15) is 0 Å². The number of halogens is 4. The van der Waals surface area contributed by atoms with Crippen LogP contribution in [0.15, 0.2) is 33.2 Å². The number of rotatable bonds is 2. The molecule has 164 valence electrons. The SMILES string of the molecule is C.Nc1ccc(Br)c(F)c1C(=O)O.Nc1ccc(Br)c(F)c1CO.[B]C1CCCO1. The number of aliphatic hydroxyl groups is 1. The van der Waals surface area contributed by atoms with Crippen LogP contribution in [0.1, 0.15) is 36.2 Å². The molecular formula is C19H23BBr2F2N2O4. The van der Waals surface area contributed by atoms with Crippen LogP contribution < -0.4 is 11.5 Å². The molecule has 6 nitrogen and oxygen atoms in total. The minimum atomic E-state index is -1.37. The first-order chi connectivity index (χ1) is 13.6. The number of benzene rings is 2. The molecule has 1 unspecified atom stereocenters. The van der Waals surface area contributed by atoms with E-state index in [1.54, 1.807) is 6.07 Å². The van der Waals surface area contributed by atoms with Crippen molar-refractivity contribution in [2.45, 2.75) is 32.9 Å². The van der Waals surface area contributed by atoms with E-state index in [0.717, 1.165) is 19.4 Å². The molecule has 0 bridgehead atoms. The Hall–Kier alpha value is -1.69. The molecule has 0 saturated carbocycles. The van der Waals surface area contributed by atoms with E-state index in [1.807, 2.05) is 0 Å². The molecule has 2 aromatic carbocycles. The number of ether oxygens (including phenoxy) is 1. The van der Waals surface area contributed by atoms with Crippen molar-refractivity contribution < 1.29 is 28.5 Å². The van der Waals surface area contributed by atoms with Crippen LogP contribution in [0.5, 0.6) is 0 Å². The number of carboxylic acid groups (broad SMARTS) is 1. The van der Waals surface area contributed by atoms with Gasteiger partial charge in [0.2, 0.25) is 0 Å². The Kier molecular flexibility index (Phi) is 12.8. The average Bonchev–Trinajstić information content (AvgIpc) is 3.14. The molecule has 3 rings (SSSR count). The van der Waals surface area contributed by atoms with Crippen LogP contribution in [0, 0.1) is 11.6 Å². The first-order valence-electron chi connectivity index (χ1n) is 8.27. The molecule has 6 N–H and O–H groups in total. The fourth-order valence-corrected chi connectivity index (χ4v) is 2.86. The van der Waals surface area contributed by atoms with Gasteiger partial charge in [-0.05, 0) is 69.0 Å². The first kappa shape index (κ1) is 28.3. The summed E-state index contributed by atoms with van der Waals surface area (Å²) in [4.78, 5) is 10.5. The molecule has 11 heteroatoms. The van der Waals surface area contributed by atoms with Crippen LogP contribution in [0.4, 0.5) is 20.2 Å². The monoisotopic (exact) mass is 550 g/mol. The minimum absolute atomic E-state index is 0. The van der Waals surface area contributed by atoms with Crippen LogP contribution in [0.2, 0.25) is 0 Å². The van der Waals surface area contributed by atoms with Crippen molar-refractivity contribution >= 4 is 57.1 Å². The summed E-state index contributed by atoms with van der Waals surface area (Å²) in [5.41, 5.74) is 10.5. The zero-order chi connectivity index (χ0) is 22.1. The number of carbonyl (C=O) groups is 1. The zero-order valence-corrected chi connectivity index (χ0v) is 18.3. The summed E-state index contributed by atoms with van der Waals surface area (Å²) >= 11 is 5.83. The third-order valence-electron chi connectivity index (χ3n) is 3.70. The van der Waals surface area contributed by atoms with E-state index in [2.05, 4.69) is 31.9 Å². The van der Waals surface area contributed by atoms with Crippen LogP contribution in [-0.4, -0.2) is 36.6 Å². The average molecular weight is 552 g/mol. The molecule has 0 amide bonds. The lowest BCUT2D eigenvalue weighted by atomic mass is 9.98. The van der Waals surface area contributed by atoms with Gasteiger partial charge in [-0.25, -0.2) is 13.6 Å². The number of hydrogen-bond donors (Lipinski definition) is 4. The maximum atomic E-state index is 13.0. The number of carboxylic acids is 1. The molecule has 1 heterocycles. The van der Waals surface area contributed by atoms with Crippen molar-refractivity contribution in [2.24, 2.45) is 0 Å². The lowest BCUT2D eigenvalue weighted by Gasteiger charge is -2.04. The van der Waals surface area contributed by atoms with Gasteiger partial charge in [0.05, 0.1) is 15.6 Å². The number of aromatic carboxylic acids is 1. The normalized spacial score (nSPS) is 14.5. The number of nitrogens with two attached hydrogens (primary N) is 2. The van der Waals surface area contributed by atoms with E-state index in [-0.39, 0.29) is 41.4 Å². The second kappa shape index (κ2) is 13.6. The molecule has 30 heavy (non-hydrogen) atoms. The lowest BCUT2D eigenvalue weighted by molar-refractivity contribution is 0.0693. The van der Waals surface area contributed by atoms with Crippen molar-refractivity contribution in [1.82, 2.24) is 0 Å². The van der Waals surface area contributed by atoms with E-state index in [1.165, 1.54) is 18.2 Å². The van der Waals surface area contributed by atoms with Crippen LogP contribution in [0.25, 0.3) is 0 Å². The highest BCUT2D eigenvalue weighted by Gasteiger charge is 2.16. The summed E-state index contributed by atoms with van der Waals surface area (Å²) in [5, 5.41) is 17.2. The Morgan fingerprint density at radius 2 is 1.67 bits per heavy atom. The van der Waals surface area contributed by atoms with E-state index >= 15 is 0 Å². The van der Waals surface area contributed by atoms with Gasteiger partial charge in [-0.15, -0.1) is 0 Å². The fourth-order valence-electron chi connectivity index (χ4n) is 2.15. The molecule has 2 radical (unpaired) electrons. The standard InChI is InChI=1S/C7H5BrFNO2.C7H7BrFNO.C4H7BO.CH4/c8-3-1-2-4(10)5(6(3)9)7(11)12;8-5-1-2-6(10)4(3-11)7(5)9;5-4-2-1-3-6-4;/h1-2H,10H2,(H,11,12);1-2,11H,3,10H2;4H,1-3H2;1H4. The molecular weight excluding hydrogens is 529 g/mol. The summed E-state index contributed by atoms with van der Waals surface area (Å²) in [7, 11) is 5.31. The predicted molar refractivity (Wildman–Crippen MR) is 121 cm³/mol. The summed E-state index contributed by atoms with van der Waals surface area (Å²) in [6.07, 6.45) is 2.18. The third kappa shape index (κ3) is 8.21. The van der Waals surface area contributed by atoms with Crippen LogP contribution >= 0.6 is 31.9 Å². The van der Waals surface area contributed by atoms with Gasteiger partial charge in [-0.3, -0.25) is 0 Å². The number of hydrogen-bond acceptors (Lipinski definition) is 5. The zero-order valence-electron chi connectivity index (χ0n) is 15.2. The largest absolute Gasteiger partial charge is 0.478 e. The van der Waals surface area contributed by atoms with E-state index in [0.29, 0.717) is 4.47 Å². The molecule has 1 aliphatic rings. The molecule has 0 spiro atoms. The number of anilines is 2. The van der Waals surface area contributed by atoms with Gasteiger partial charge >= 0.3 is 5.97 Å². The van der Waals surface area contributed by atoms with Gasteiger partial charge in [0.15, 0.2) is 5.82 Å². The van der Waals surface area contributed by atoms with Crippen molar-refractivity contribution in [3.63, 3.8) is 0 Å². The molecule has 1 aliphatic heterocycles. The highest BCUT2D eigenvalue weighted by Crippen LogP contribution is 2.24. The molecule has 0 aromatic heterocycles.